The molecular formula is C19H23FN2O. The van der Waals surface area contributed by atoms with Crippen LogP contribution < -0.4 is 11.1 Å². The van der Waals surface area contributed by atoms with Gasteiger partial charge in [-0.2, -0.15) is 0 Å². The van der Waals surface area contributed by atoms with E-state index in [9.17, 15) is 9.18 Å². The summed E-state index contributed by atoms with van der Waals surface area (Å²) in [6, 6.07) is 14.4. The van der Waals surface area contributed by atoms with Gasteiger partial charge in [-0.3, -0.25) is 4.79 Å². The SMILES string of the molecule is CC(C(=O)NCCCCN)c1ccc(-c2ccccc2)c(F)c1. The maximum absolute atomic E-state index is 14.4. The third kappa shape index (κ3) is 4.63. The molecule has 2 rings (SSSR count). The third-order valence-electron chi connectivity index (χ3n) is 3.90. The van der Waals surface area contributed by atoms with Crippen molar-refractivity contribution in [2.75, 3.05) is 13.1 Å². The molecule has 1 atom stereocenters. The quantitative estimate of drug-likeness (QED) is 0.769. The van der Waals surface area contributed by atoms with E-state index in [1.54, 1.807) is 13.0 Å². The Hall–Kier alpha value is -2.20. The maximum Gasteiger partial charge on any atom is 0.227 e. The smallest absolute Gasteiger partial charge is 0.227 e. The van der Waals surface area contributed by atoms with Crippen LogP contribution >= 0.6 is 0 Å². The molecule has 0 aliphatic heterocycles. The molecule has 2 aromatic carbocycles. The molecule has 2 aromatic rings. The lowest BCUT2D eigenvalue weighted by molar-refractivity contribution is -0.122. The van der Waals surface area contributed by atoms with Crippen LogP contribution in [0.25, 0.3) is 11.1 Å². The highest BCUT2D eigenvalue weighted by atomic mass is 19.1. The number of hydrogen-bond acceptors (Lipinski definition) is 2. The van der Waals surface area contributed by atoms with Gasteiger partial charge in [0.1, 0.15) is 5.82 Å². The van der Waals surface area contributed by atoms with Crippen molar-refractivity contribution in [3.63, 3.8) is 0 Å². The first-order valence-corrected chi connectivity index (χ1v) is 7.96. The van der Waals surface area contributed by atoms with Crippen LogP contribution in [0.4, 0.5) is 4.39 Å². The second-order valence-corrected chi connectivity index (χ2v) is 5.61. The maximum atomic E-state index is 14.4. The summed E-state index contributed by atoms with van der Waals surface area (Å²) in [6.45, 7) is 3.01. The monoisotopic (exact) mass is 314 g/mol. The van der Waals surface area contributed by atoms with Gasteiger partial charge < -0.3 is 11.1 Å². The van der Waals surface area contributed by atoms with E-state index < -0.39 is 0 Å². The lowest BCUT2D eigenvalue weighted by Crippen LogP contribution is -2.29. The largest absolute Gasteiger partial charge is 0.356 e. The number of carbonyl (C=O) groups is 1. The van der Waals surface area contributed by atoms with Crippen LogP contribution in [-0.2, 0) is 4.79 Å². The van der Waals surface area contributed by atoms with Gasteiger partial charge in [0, 0.05) is 12.1 Å². The summed E-state index contributed by atoms with van der Waals surface area (Å²) < 4.78 is 14.4. The Morgan fingerprint density at radius 3 is 2.57 bits per heavy atom. The van der Waals surface area contributed by atoms with E-state index in [4.69, 9.17) is 5.73 Å². The molecule has 0 heterocycles. The number of unbranched alkanes of at least 4 members (excludes halogenated alkanes) is 1. The zero-order valence-electron chi connectivity index (χ0n) is 13.4. The molecule has 0 saturated carbocycles. The third-order valence-corrected chi connectivity index (χ3v) is 3.90. The highest BCUT2D eigenvalue weighted by Crippen LogP contribution is 2.26. The van der Waals surface area contributed by atoms with E-state index in [0.717, 1.165) is 18.4 Å². The van der Waals surface area contributed by atoms with E-state index in [0.29, 0.717) is 24.2 Å². The lowest BCUT2D eigenvalue weighted by atomic mass is 9.96. The first kappa shape index (κ1) is 17.2. The minimum atomic E-state index is -0.382. The zero-order valence-corrected chi connectivity index (χ0v) is 13.4. The summed E-state index contributed by atoms with van der Waals surface area (Å²) in [5, 5.41) is 2.86. The standard InChI is InChI=1S/C19H23FN2O/c1-14(19(23)22-12-6-5-11-21)16-9-10-17(18(20)13-16)15-7-3-2-4-8-15/h2-4,7-10,13-14H,5-6,11-12,21H2,1H3,(H,22,23). The summed E-state index contributed by atoms with van der Waals surface area (Å²) in [6.07, 6.45) is 1.74. The zero-order chi connectivity index (χ0) is 16.7. The van der Waals surface area contributed by atoms with Gasteiger partial charge in [0.2, 0.25) is 5.91 Å². The minimum Gasteiger partial charge on any atom is -0.356 e. The van der Waals surface area contributed by atoms with Crippen molar-refractivity contribution in [1.29, 1.82) is 0 Å². The molecule has 23 heavy (non-hydrogen) atoms. The summed E-state index contributed by atoms with van der Waals surface area (Å²) in [4.78, 5) is 12.1. The van der Waals surface area contributed by atoms with Crippen molar-refractivity contribution in [2.45, 2.75) is 25.7 Å². The molecule has 0 aliphatic carbocycles. The van der Waals surface area contributed by atoms with E-state index >= 15 is 0 Å². The Bertz CT molecular complexity index is 643. The van der Waals surface area contributed by atoms with Gasteiger partial charge in [0.05, 0.1) is 5.92 Å². The summed E-state index contributed by atoms with van der Waals surface area (Å²) in [7, 11) is 0. The van der Waals surface area contributed by atoms with Gasteiger partial charge in [-0.15, -0.1) is 0 Å². The Morgan fingerprint density at radius 2 is 1.91 bits per heavy atom. The molecule has 4 heteroatoms. The predicted molar refractivity (Wildman–Crippen MR) is 91.5 cm³/mol. The van der Waals surface area contributed by atoms with Crippen LogP contribution in [0.1, 0.15) is 31.2 Å². The Balaban J connectivity index is 2.06. The molecule has 3 nitrogen and oxygen atoms in total. The number of hydrogen-bond donors (Lipinski definition) is 2. The van der Waals surface area contributed by atoms with Crippen molar-refractivity contribution in [2.24, 2.45) is 5.73 Å². The first-order chi connectivity index (χ1) is 11.1. The molecule has 3 N–H and O–H groups in total. The fraction of sp³-hybridized carbons (Fsp3) is 0.316. The summed E-state index contributed by atoms with van der Waals surface area (Å²) >= 11 is 0. The fourth-order valence-corrected chi connectivity index (χ4v) is 2.44. The topological polar surface area (TPSA) is 55.1 Å². The second kappa shape index (κ2) is 8.44. The Labute approximate surface area is 136 Å². The number of carbonyl (C=O) groups excluding carboxylic acids is 1. The number of benzene rings is 2. The molecule has 122 valence electrons. The van der Waals surface area contributed by atoms with E-state index in [2.05, 4.69) is 5.32 Å². The van der Waals surface area contributed by atoms with Crippen molar-refractivity contribution in [3.8, 4) is 11.1 Å². The Kier molecular flexibility index (Phi) is 6.29. The molecule has 0 saturated heterocycles. The van der Waals surface area contributed by atoms with Crippen molar-refractivity contribution >= 4 is 5.91 Å². The van der Waals surface area contributed by atoms with Gasteiger partial charge in [-0.1, -0.05) is 42.5 Å². The van der Waals surface area contributed by atoms with Crippen LogP contribution in [0, 0.1) is 5.82 Å². The number of amides is 1. The van der Waals surface area contributed by atoms with Crippen LogP contribution in [0.2, 0.25) is 0 Å². The lowest BCUT2D eigenvalue weighted by Gasteiger charge is -2.14. The molecule has 0 aromatic heterocycles. The predicted octanol–water partition coefficient (Wildman–Crippen LogP) is 3.45. The van der Waals surface area contributed by atoms with Crippen LogP contribution in [0.15, 0.2) is 48.5 Å². The van der Waals surface area contributed by atoms with Gasteiger partial charge in [0.25, 0.3) is 0 Å². The van der Waals surface area contributed by atoms with Crippen LogP contribution in [0.5, 0.6) is 0 Å². The summed E-state index contributed by atoms with van der Waals surface area (Å²) in [5.41, 5.74) is 7.48. The van der Waals surface area contributed by atoms with Crippen molar-refractivity contribution in [1.82, 2.24) is 5.32 Å². The van der Waals surface area contributed by atoms with Crippen LogP contribution in [-0.4, -0.2) is 19.0 Å². The number of nitrogens with one attached hydrogen (secondary N) is 1. The fourth-order valence-electron chi connectivity index (χ4n) is 2.44. The molecule has 1 amide bonds. The van der Waals surface area contributed by atoms with E-state index in [1.165, 1.54) is 6.07 Å². The average Bonchev–Trinajstić information content (AvgIpc) is 2.58. The average molecular weight is 314 g/mol. The summed E-state index contributed by atoms with van der Waals surface area (Å²) in [5.74, 6) is -0.780. The molecule has 0 bridgehead atoms. The number of rotatable bonds is 7. The van der Waals surface area contributed by atoms with Crippen molar-refractivity contribution in [3.05, 3.63) is 59.9 Å². The molecule has 0 radical (unpaired) electrons. The first-order valence-electron chi connectivity index (χ1n) is 7.96. The number of halogens is 1. The highest BCUT2D eigenvalue weighted by Gasteiger charge is 2.16. The number of nitrogens with two attached hydrogens (primary N) is 1. The molecular weight excluding hydrogens is 291 g/mol. The van der Waals surface area contributed by atoms with E-state index in [1.807, 2.05) is 36.4 Å². The van der Waals surface area contributed by atoms with E-state index in [-0.39, 0.29) is 17.6 Å². The highest BCUT2D eigenvalue weighted by molar-refractivity contribution is 5.83. The van der Waals surface area contributed by atoms with Crippen LogP contribution in [0.3, 0.4) is 0 Å². The molecule has 1 unspecified atom stereocenters. The Morgan fingerprint density at radius 1 is 1.17 bits per heavy atom. The second-order valence-electron chi connectivity index (χ2n) is 5.61. The molecule has 0 aliphatic rings. The minimum absolute atomic E-state index is 0.0890. The molecule has 0 fully saturated rings. The molecule has 0 spiro atoms. The van der Waals surface area contributed by atoms with Gasteiger partial charge in [-0.05, 0) is 43.5 Å². The van der Waals surface area contributed by atoms with Gasteiger partial charge in [0.15, 0.2) is 0 Å². The normalized spacial score (nSPS) is 12.0. The van der Waals surface area contributed by atoms with Gasteiger partial charge >= 0.3 is 0 Å². The van der Waals surface area contributed by atoms with Crippen molar-refractivity contribution < 1.29 is 9.18 Å². The van der Waals surface area contributed by atoms with Gasteiger partial charge in [-0.25, -0.2) is 4.39 Å².